The predicted octanol–water partition coefficient (Wildman–Crippen LogP) is 4.49. The Kier molecular flexibility index (Phi) is 31.9. The van der Waals surface area contributed by atoms with E-state index in [1.54, 1.807) is 70.5 Å². The number of ether oxygens (including phenoxy) is 3. The molecule has 3 rings (SSSR count). The molecule has 1 aliphatic heterocycles. The third kappa shape index (κ3) is 23.9. The number of amides is 9. The molecule has 0 bridgehead atoms. The van der Waals surface area contributed by atoms with E-state index in [0.29, 0.717) is 56.9 Å². The standard InChI is InChI=1S/C61H98N10O13S2/c1-16-39(5)52(68-60(81)61(9,10)69(11)12)59(80)70(13)47(37(2)3)34-48(84-42(8)72)57-67-46(36-86-57)56(78)65-44(33-43-24-22-38(4)23-25-43)32-40(6)53(75)64-41(7)54(76)66-45(55(77)63-27-29-83-31-30-82-14)20-17-18-26-62-50(73)21-19-28-71-51(74)35-49(85-15)58(71)79/h22-25,36-37,39-41,44-45,47-49,52H,16-21,26-35H2,1-15H3,(H,62,73)(H,63,77)(H,64,75)(H,65,78)(H,66,76)(H,68,81)/t39?,40?,41?,44-,45?,47-,48-,49?,52+/m1/s1. The molecule has 1 fully saturated rings. The topological polar surface area (TPSA) is 293 Å². The van der Waals surface area contributed by atoms with Crippen LogP contribution in [0.4, 0.5) is 0 Å². The Hall–Kier alpha value is -6.02. The number of aromatic nitrogens is 1. The van der Waals surface area contributed by atoms with Crippen molar-refractivity contribution < 1.29 is 62.2 Å². The lowest BCUT2D eigenvalue weighted by atomic mass is 9.92. The molecule has 0 aliphatic carbocycles. The van der Waals surface area contributed by atoms with Gasteiger partial charge in [0.15, 0.2) is 6.10 Å². The summed E-state index contributed by atoms with van der Waals surface area (Å²) < 4.78 is 16.4. The van der Waals surface area contributed by atoms with Crippen molar-refractivity contribution in [3.8, 4) is 0 Å². The monoisotopic (exact) mass is 1240 g/mol. The molecular formula is C61H98N10O13S2. The zero-order chi connectivity index (χ0) is 64.4. The van der Waals surface area contributed by atoms with Crippen molar-refractivity contribution >= 4 is 82.2 Å². The highest BCUT2D eigenvalue weighted by atomic mass is 32.2. The van der Waals surface area contributed by atoms with Crippen molar-refractivity contribution in [1.82, 2.24) is 51.6 Å². The highest BCUT2D eigenvalue weighted by molar-refractivity contribution is 8.00. The van der Waals surface area contributed by atoms with Gasteiger partial charge in [0.2, 0.25) is 47.3 Å². The van der Waals surface area contributed by atoms with Gasteiger partial charge in [-0.2, -0.15) is 11.8 Å². The van der Waals surface area contributed by atoms with Crippen molar-refractivity contribution in [2.45, 2.75) is 181 Å². The molecule has 2 aromatic rings. The van der Waals surface area contributed by atoms with Crippen LogP contribution >= 0.6 is 23.1 Å². The summed E-state index contributed by atoms with van der Waals surface area (Å²) in [4.78, 5) is 143. The van der Waals surface area contributed by atoms with Crippen LogP contribution in [0.2, 0.25) is 0 Å². The van der Waals surface area contributed by atoms with E-state index in [1.807, 2.05) is 58.9 Å². The number of hydrogen-bond donors (Lipinski definition) is 6. The van der Waals surface area contributed by atoms with E-state index < -0.39 is 77.4 Å². The molecule has 5 unspecified atom stereocenters. The van der Waals surface area contributed by atoms with Crippen LogP contribution in [0.25, 0.3) is 0 Å². The van der Waals surface area contributed by atoms with Crippen LogP contribution in [0.5, 0.6) is 0 Å². The van der Waals surface area contributed by atoms with Gasteiger partial charge in [0.05, 0.1) is 30.6 Å². The number of nitrogens with zero attached hydrogens (tertiary/aromatic N) is 4. The van der Waals surface area contributed by atoms with Crippen molar-refractivity contribution in [3.63, 3.8) is 0 Å². The average Bonchev–Trinajstić information content (AvgIpc) is 2.42. The molecule has 25 heteroatoms. The molecule has 0 spiro atoms. The fraction of sp³-hybridized carbons (Fsp3) is 0.689. The van der Waals surface area contributed by atoms with Gasteiger partial charge in [0.25, 0.3) is 5.91 Å². The first-order valence-electron chi connectivity index (χ1n) is 29.9. The summed E-state index contributed by atoms with van der Waals surface area (Å²) in [6.07, 6.45) is 3.86. The Morgan fingerprint density at radius 2 is 1.53 bits per heavy atom. The van der Waals surface area contributed by atoms with E-state index >= 15 is 0 Å². The number of unbranched alkanes of at least 4 members (excludes halogenated alkanes) is 1. The number of likely N-dealkylation sites (N-methyl/N-ethyl adjacent to an activating group) is 2. The summed E-state index contributed by atoms with van der Waals surface area (Å²) in [5.41, 5.74) is 1.10. The molecule has 1 aromatic carbocycles. The first-order chi connectivity index (χ1) is 40.6. The summed E-state index contributed by atoms with van der Waals surface area (Å²) in [5.74, 6) is -4.99. The van der Waals surface area contributed by atoms with Gasteiger partial charge in [-0.3, -0.25) is 57.7 Å². The summed E-state index contributed by atoms with van der Waals surface area (Å²) in [5, 5.41) is 18.8. The minimum atomic E-state index is -1.07. The molecule has 1 saturated heterocycles. The number of nitrogens with one attached hydrogen (secondary N) is 6. The third-order valence-electron chi connectivity index (χ3n) is 15.7. The molecule has 0 radical (unpaired) electrons. The van der Waals surface area contributed by atoms with Crippen LogP contribution in [0.1, 0.15) is 153 Å². The fourth-order valence-electron chi connectivity index (χ4n) is 9.48. The van der Waals surface area contributed by atoms with Gasteiger partial charge in [-0.25, -0.2) is 4.98 Å². The zero-order valence-corrected chi connectivity index (χ0v) is 55.0. The number of rotatable bonds is 39. The van der Waals surface area contributed by atoms with Gasteiger partial charge in [-0.1, -0.05) is 70.9 Å². The second-order valence-corrected chi connectivity index (χ2v) is 25.3. The largest absolute Gasteiger partial charge is 0.455 e. The van der Waals surface area contributed by atoms with Gasteiger partial charge in [-0.15, -0.1) is 11.3 Å². The minimum absolute atomic E-state index is 0.0566. The van der Waals surface area contributed by atoms with Gasteiger partial charge in [0.1, 0.15) is 28.8 Å². The fourth-order valence-corrected chi connectivity index (χ4v) is 11.0. The van der Waals surface area contributed by atoms with Gasteiger partial charge < -0.3 is 51.0 Å². The summed E-state index contributed by atoms with van der Waals surface area (Å²) in [6, 6.07) is 3.80. The van der Waals surface area contributed by atoms with Crippen LogP contribution in [-0.4, -0.2) is 194 Å². The Morgan fingerprint density at radius 3 is 2.14 bits per heavy atom. The van der Waals surface area contributed by atoms with Gasteiger partial charge >= 0.3 is 5.97 Å². The van der Waals surface area contributed by atoms with Crippen molar-refractivity contribution in [2.24, 2.45) is 17.8 Å². The van der Waals surface area contributed by atoms with E-state index in [-0.39, 0.29) is 104 Å². The Bertz CT molecular complexity index is 2560. The number of benzene rings is 1. The van der Waals surface area contributed by atoms with E-state index in [9.17, 15) is 47.9 Å². The van der Waals surface area contributed by atoms with Crippen molar-refractivity contribution in [1.29, 1.82) is 0 Å². The molecule has 0 saturated carbocycles. The van der Waals surface area contributed by atoms with Crippen LogP contribution < -0.4 is 31.9 Å². The van der Waals surface area contributed by atoms with Crippen molar-refractivity contribution in [3.05, 3.63) is 51.5 Å². The number of esters is 1. The zero-order valence-electron chi connectivity index (χ0n) is 53.4. The lowest BCUT2D eigenvalue weighted by molar-refractivity contribution is -0.149. The lowest BCUT2D eigenvalue weighted by Gasteiger charge is -2.38. The second-order valence-electron chi connectivity index (χ2n) is 23.4. The first-order valence-corrected chi connectivity index (χ1v) is 32.1. The van der Waals surface area contributed by atoms with Gasteiger partial charge in [0, 0.05) is 83.4 Å². The Morgan fingerprint density at radius 1 is 0.849 bits per heavy atom. The molecular weight excluding hydrogens is 1140 g/mol. The minimum Gasteiger partial charge on any atom is -0.455 e. The Labute approximate surface area is 517 Å². The molecule has 23 nitrogen and oxygen atoms in total. The first kappa shape index (κ1) is 74.2. The maximum atomic E-state index is 14.4. The number of likely N-dealkylation sites (tertiary alicyclic amines) is 1. The summed E-state index contributed by atoms with van der Waals surface area (Å²) in [7, 11) is 6.83. The number of methoxy groups -OCH3 is 1. The number of imide groups is 1. The molecule has 6 N–H and O–H groups in total. The van der Waals surface area contributed by atoms with Crippen molar-refractivity contribution in [2.75, 3.05) is 74.0 Å². The summed E-state index contributed by atoms with van der Waals surface area (Å²) >= 11 is 2.47. The third-order valence-corrected chi connectivity index (χ3v) is 17.6. The number of hydrogen-bond acceptors (Lipinski definition) is 17. The number of thiazole rings is 1. The maximum Gasteiger partial charge on any atom is 0.303 e. The average molecular weight is 1240 g/mol. The Balaban J connectivity index is 1.73. The SMILES string of the molecule is CCC(C)[C@H](NC(=O)C(C)(C)N(C)C)C(=O)N(C)[C@H](C[C@@H](OC(C)=O)c1nc(C(=O)N[C@@H](Cc2ccc(C)cc2)CC(C)C(=O)NC(C)C(=O)NC(CCCCNC(=O)CCCN2C(=O)CC(SC)C2=O)C(=O)NCCOCCOC)cs1)C(C)C. The van der Waals surface area contributed by atoms with E-state index in [0.717, 1.165) is 22.5 Å². The van der Waals surface area contributed by atoms with Crippen LogP contribution in [0.15, 0.2) is 29.6 Å². The summed E-state index contributed by atoms with van der Waals surface area (Å²) in [6.45, 7) is 19.3. The van der Waals surface area contributed by atoms with E-state index in [1.165, 1.54) is 30.5 Å². The lowest BCUT2D eigenvalue weighted by Crippen LogP contribution is -2.60. The van der Waals surface area contributed by atoms with Crippen LogP contribution in [0.3, 0.4) is 0 Å². The van der Waals surface area contributed by atoms with Gasteiger partial charge in [-0.05, 0) is 104 Å². The molecule has 1 aliphatic rings. The van der Waals surface area contributed by atoms with Crippen LogP contribution in [0, 0.1) is 24.7 Å². The normalized spacial score (nSPS) is 16.3. The number of aryl methyl sites for hydroxylation is 1. The molecule has 2 heterocycles. The molecule has 482 valence electrons. The molecule has 9 amide bonds. The number of carbonyl (C=O) groups is 10. The maximum absolute atomic E-state index is 14.4. The predicted molar refractivity (Wildman–Crippen MR) is 332 cm³/mol. The number of carbonyl (C=O) groups excluding carboxylic acids is 10. The molecule has 86 heavy (non-hydrogen) atoms. The second kappa shape index (κ2) is 37.0. The quantitative estimate of drug-likeness (QED) is 0.0305. The molecule has 9 atom stereocenters. The van der Waals surface area contributed by atoms with E-state index in [2.05, 4.69) is 36.9 Å². The molecule has 1 aromatic heterocycles. The highest BCUT2D eigenvalue weighted by Gasteiger charge is 2.40. The van der Waals surface area contributed by atoms with E-state index in [4.69, 9.17) is 14.2 Å². The highest BCUT2D eigenvalue weighted by Crippen LogP contribution is 2.32. The van der Waals surface area contributed by atoms with Crippen LogP contribution in [-0.2, 0) is 63.8 Å². The number of thioether (sulfide) groups is 1. The smallest absolute Gasteiger partial charge is 0.303 e.